The zero-order valence-electron chi connectivity index (χ0n) is 9.54. The molecular weight excluding hydrogens is 196 g/mol. The summed E-state index contributed by atoms with van der Waals surface area (Å²) in [5, 5.41) is 2.54. The molecule has 0 heterocycles. The third-order valence-electron chi connectivity index (χ3n) is 2.22. The van der Waals surface area contributed by atoms with Gasteiger partial charge in [0, 0.05) is 19.5 Å². The molecule has 0 bridgehead atoms. The summed E-state index contributed by atoms with van der Waals surface area (Å²) in [5.74, 6) is 4.52. The number of likely N-dealkylation sites (N-methyl/N-ethyl adjacent to an activating group) is 2. The molecule has 0 saturated heterocycles. The average molecular weight is 216 g/mol. The maximum atomic E-state index is 11.2. The Morgan fingerprint density at radius 3 is 2.47 bits per heavy atom. The van der Waals surface area contributed by atoms with E-state index in [1.54, 1.807) is 14.0 Å². The van der Waals surface area contributed by atoms with Gasteiger partial charge in [-0.15, -0.1) is 0 Å². The molecule has 4 N–H and O–H groups in total. The third-order valence-corrected chi connectivity index (χ3v) is 2.22. The molecular formula is C9H20N4O2. The quantitative estimate of drug-likeness (QED) is 0.292. The number of nitrogens with two attached hydrogens (primary N) is 1. The molecule has 0 aromatic heterocycles. The number of rotatable bonds is 6. The molecule has 0 rings (SSSR count). The Labute approximate surface area is 90.2 Å². The van der Waals surface area contributed by atoms with E-state index < -0.39 is 0 Å². The van der Waals surface area contributed by atoms with Crippen molar-refractivity contribution in [3.05, 3.63) is 0 Å². The maximum absolute atomic E-state index is 11.2. The number of nitrogens with one attached hydrogen (secondary N) is 2. The highest BCUT2D eigenvalue weighted by Crippen LogP contribution is 1.99. The normalized spacial score (nSPS) is 12.3. The van der Waals surface area contributed by atoms with Crippen LogP contribution in [-0.4, -0.2) is 43.4 Å². The van der Waals surface area contributed by atoms with Crippen LogP contribution in [0.25, 0.3) is 0 Å². The zero-order valence-corrected chi connectivity index (χ0v) is 9.54. The van der Waals surface area contributed by atoms with Gasteiger partial charge in [0.25, 0.3) is 0 Å². The van der Waals surface area contributed by atoms with E-state index in [4.69, 9.17) is 5.84 Å². The molecule has 0 aliphatic rings. The minimum absolute atomic E-state index is 0.0581. The van der Waals surface area contributed by atoms with Crippen molar-refractivity contribution in [3.8, 4) is 0 Å². The first kappa shape index (κ1) is 13.9. The molecule has 88 valence electrons. The fourth-order valence-electron chi connectivity index (χ4n) is 1.20. The van der Waals surface area contributed by atoms with Crippen molar-refractivity contribution in [3.63, 3.8) is 0 Å². The molecule has 0 aliphatic heterocycles. The molecule has 0 radical (unpaired) electrons. The Morgan fingerprint density at radius 2 is 2.07 bits per heavy atom. The number of hydrogen-bond donors (Lipinski definition) is 3. The van der Waals surface area contributed by atoms with Crippen LogP contribution in [0.4, 0.5) is 0 Å². The van der Waals surface area contributed by atoms with Gasteiger partial charge in [0.1, 0.15) is 0 Å². The second kappa shape index (κ2) is 7.19. The Balaban J connectivity index is 4.09. The van der Waals surface area contributed by atoms with Gasteiger partial charge in [-0.3, -0.25) is 19.9 Å². The van der Waals surface area contributed by atoms with E-state index >= 15 is 0 Å². The number of amides is 2. The van der Waals surface area contributed by atoms with Crippen LogP contribution in [0.2, 0.25) is 0 Å². The summed E-state index contributed by atoms with van der Waals surface area (Å²) >= 11 is 0. The lowest BCUT2D eigenvalue weighted by atomic mass is 10.1. The molecule has 0 spiro atoms. The first-order valence-electron chi connectivity index (χ1n) is 4.98. The SMILES string of the molecule is CCN(CC(=O)NC)CC(C)C(=O)NN. The molecule has 1 unspecified atom stereocenters. The van der Waals surface area contributed by atoms with E-state index in [2.05, 4.69) is 10.7 Å². The smallest absolute Gasteiger partial charge is 0.237 e. The number of carbonyl (C=O) groups is 2. The summed E-state index contributed by atoms with van der Waals surface area (Å²) in [5.41, 5.74) is 2.10. The Bertz CT molecular complexity index is 220. The highest BCUT2D eigenvalue weighted by molar-refractivity contribution is 5.79. The topological polar surface area (TPSA) is 87.5 Å². The minimum atomic E-state index is -0.223. The van der Waals surface area contributed by atoms with Gasteiger partial charge in [0.15, 0.2) is 0 Å². The molecule has 0 fully saturated rings. The van der Waals surface area contributed by atoms with Gasteiger partial charge in [0.2, 0.25) is 11.8 Å². The standard InChI is InChI=1S/C9H20N4O2/c1-4-13(6-8(14)11-3)5-7(2)9(15)12-10/h7H,4-6,10H2,1-3H3,(H,11,14)(H,12,15). The lowest BCUT2D eigenvalue weighted by Gasteiger charge is -2.22. The number of nitrogens with zero attached hydrogens (tertiary/aromatic N) is 1. The van der Waals surface area contributed by atoms with E-state index in [1.807, 2.05) is 11.8 Å². The van der Waals surface area contributed by atoms with Crippen molar-refractivity contribution >= 4 is 11.8 Å². The van der Waals surface area contributed by atoms with E-state index in [-0.39, 0.29) is 17.7 Å². The van der Waals surface area contributed by atoms with Crippen LogP contribution in [0.5, 0.6) is 0 Å². The van der Waals surface area contributed by atoms with E-state index in [0.29, 0.717) is 13.1 Å². The monoisotopic (exact) mass is 216 g/mol. The lowest BCUT2D eigenvalue weighted by molar-refractivity contribution is -0.126. The van der Waals surface area contributed by atoms with Crippen molar-refractivity contribution in [1.29, 1.82) is 0 Å². The summed E-state index contributed by atoms with van der Waals surface area (Å²) in [6.45, 7) is 5.25. The fraction of sp³-hybridized carbons (Fsp3) is 0.778. The van der Waals surface area contributed by atoms with Crippen LogP contribution in [0, 0.1) is 5.92 Å². The summed E-state index contributed by atoms with van der Waals surface area (Å²) in [7, 11) is 1.59. The molecule has 0 aromatic carbocycles. The number of hydrogen-bond acceptors (Lipinski definition) is 4. The van der Waals surface area contributed by atoms with E-state index in [1.165, 1.54) is 0 Å². The first-order chi connectivity index (χ1) is 7.04. The number of carbonyl (C=O) groups excluding carboxylic acids is 2. The van der Waals surface area contributed by atoms with Crippen LogP contribution in [-0.2, 0) is 9.59 Å². The molecule has 0 aromatic rings. The van der Waals surface area contributed by atoms with Crippen molar-refractivity contribution in [2.24, 2.45) is 11.8 Å². The van der Waals surface area contributed by atoms with Gasteiger partial charge in [0.05, 0.1) is 6.54 Å². The van der Waals surface area contributed by atoms with E-state index in [0.717, 1.165) is 6.54 Å². The third kappa shape index (κ3) is 5.34. The molecule has 6 heteroatoms. The van der Waals surface area contributed by atoms with Crippen LogP contribution in [0.1, 0.15) is 13.8 Å². The summed E-state index contributed by atoms with van der Waals surface area (Å²) in [6.07, 6.45) is 0. The summed E-state index contributed by atoms with van der Waals surface area (Å²) in [4.78, 5) is 24.2. The summed E-state index contributed by atoms with van der Waals surface area (Å²) in [6, 6.07) is 0. The van der Waals surface area contributed by atoms with Gasteiger partial charge < -0.3 is 5.32 Å². The van der Waals surface area contributed by atoms with Gasteiger partial charge >= 0.3 is 0 Å². The van der Waals surface area contributed by atoms with Crippen LogP contribution in [0.15, 0.2) is 0 Å². The lowest BCUT2D eigenvalue weighted by Crippen LogP contribution is -2.43. The molecule has 0 aliphatic carbocycles. The number of hydrazine groups is 1. The predicted molar refractivity (Wildman–Crippen MR) is 57.7 cm³/mol. The Morgan fingerprint density at radius 1 is 1.47 bits per heavy atom. The Hall–Kier alpha value is -1.14. The van der Waals surface area contributed by atoms with Crippen LogP contribution >= 0.6 is 0 Å². The van der Waals surface area contributed by atoms with Crippen LogP contribution in [0.3, 0.4) is 0 Å². The van der Waals surface area contributed by atoms with Gasteiger partial charge in [-0.05, 0) is 6.54 Å². The summed E-state index contributed by atoms with van der Waals surface area (Å²) < 4.78 is 0. The van der Waals surface area contributed by atoms with Crippen molar-refractivity contribution in [2.45, 2.75) is 13.8 Å². The first-order valence-corrected chi connectivity index (χ1v) is 4.98. The van der Waals surface area contributed by atoms with Crippen molar-refractivity contribution < 1.29 is 9.59 Å². The molecule has 6 nitrogen and oxygen atoms in total. The van der Waals surface area contributed by atoms with E-state index in [9.17, 15) is 9.59 Å². The fourth-order valence-corrected chi connectivity index (χ4v) is 1.20. The molecule has 2 amide bonds. The zero-order chi connectivity index (χ0) is 11.8. The molecule has 0 saturated carbocycles. The van der Waals surface area contributed by atoms with Gasteiger partial charge in [-0.25, -0.2) is 5.84 Å². The van der Waals surface area contributed by atoms with Crippen molar-refractivity contribution in [1.82, 2.24) is 15.6 Å². The minimum Gasteiger partial charge on any atom is -0.358 e. The van der Waals surface area contributed by atoms with Crippen LogP contribution < -0.4 is 16.6 Å². The second-order valence-corrected chi connectivity index (χ2v) is 3.41. The average Bonchev–Trinajstić information content (AvgIpc) is 2.26. The van der Waals surface area contributed by atoms with Crippen molar-refractivity contribution in [2.75, 3.05) is 26.7 Å². The second-order valence-electron chi connectivity index (χ2n) is 3.41. The van der Waals surface area contributed by atoms with Gasteiger partial charge in [-0.1, -0.05) is 13.8 Å². The largest absolute Gasteiger partial charge is 0.358 e. The maximum Gasteiger partial charge on any atom is 0.237 e. The Kier molecular flexibility index (Phi) is 6.64. The highest BCUT2D eigenvalue weighted by atomic mass is 16.2. The molecule has 15 heavy (non-hydrogen) atoms. The molecule has 1 atom stereocenters. The highest BCUT2D eigenvalue weighted by Gasteiger charge is 2.16. The van der Waals surface area contributed by atoms with Gasteiger partial charge in [-0.2, -0.15) is 0 Å². The predicted octanol–water partition coefficient (Wildman–Crippen LogP) is -1.32.